The van der Waals surface area contributed by atoms with Crippen molar-refractivity contribution in [3.05, 3.63) is 70.0 Å². The first kappa shape index (κ1) is 29.3. The van der Waals surface area contributed by atoms with E-state index in [1.165, 1.54) is 18.6 Å². The highest BCUT2D eigenvalue weighted by atomic mass is 35.6. The SMILES string of the molecule is CCn1cc(C(=O)[O-])c(=O)c2cc(F)c(N3CC[NH2+]CC3)cc21.ClC(Cl)Cl.NC(=O)c1ccncc1. The number of nitrogens with two attached hydrogens (primary N) is 2. The number of anilines is 1. The molecule has 0 unspecified atom stereocenters. The van der Waals surface area contributed by atoms with Gasteiger partial charge in [0.1, 0.15) is 5.82 Å². The lowest BCUT2D eigenvalue weighted by Crippen LogP contribution is -2.89. The van der Waals surface area contributed by atoms with E-state index in [2.05, 4.69) is 10.3 Å². The number of halogens is 4. The van der Waals surface area contributed by atoms with Crippen LogP contribution in [0.25, 0.3) is 10.9 Å². The Morgan fingerprint density at radius 1 is 1.19 bits per heavy atom. The van der Waals surface area contributed by atoms with Gasteiger partial charge in [0, 0.05) is 36.1 Å². The van der Waals surface area contributed by atoms with Gasteiger partial charge in [-0.05, 0) is 31.2 Å². The molecule has 0 bridgehead atoms. The van der Waals surface area contributed by atoms with Gasteiger partial charge in [-0.1, -0.05) is 34.8 Å². The van der Waals surface area contributed by atoms with Crippen LogP contribution in [0, 0.1) is 5.82 Å². The van der Waals surface area contributed by atoms with Crippen LogP contribution in [0.4, 0.5) is 10.1 Å². The summed E-state index contributed by atoms with van der Waals surface area (Å²) in [7, 11) is 0. The maximum atomic E-state index is 14.5. The topological polar surface area (TPSA) is 138 Å². The number of amides is 1. The highest BCUT2D eigenvalue weighted by Gasteiger charge is 2.19. The number of quaternary nitrogens is 1. The van der Waals surface area contributed by atoms with Crippen LogP contribution in [0.2, 0.25) is 0 Å². The molecule has 36 heavy (non-hydrogen) atoms. The normalized spacial score (nSPS) is 12.9. The van der Waals surface area contributed by atoms with Gasteiger partial charge < -0.3 is 30.4 Å². The molecule has 0 spiro atoms. The summed E-state index contributed by atoms with van der Waals surface area (Å²) in [5, 5.41) is 13.3. The molecule has 1 amide bonds. The number of carboxylic acids is 1. The van der Waals surface area contributed by atoms with E-state index in [-0.39, 0.29) is 5.39 Å². The molecule has 0 saturated carbocycles. The van der Waals surface area contributed by atoms with Crippen molar-refractivity contribution in [3.63, 3.8) is 0 Å². The van der Waals surface area contributed by atoms with E-state index in [0.29, 0.717) is 23.3 Å². The van der Waals surface area contributed by atoms with E-state index in [1.54, 1.807) is 22.8 Å². The van der Waals surface area contributed by atoms with E-state index < -0.39 is 33.0 Å². The van der Waals surface area contributed by atoms with Crippen LogP contribution in [-0.4, -0.2) is 51.9 Å². The predicted octanol–water partition coefficient (Wildman–Crippen LogP) is 1.07. The molecule has 1 aliphatic heterocycles. The number of aromatic carboxylic acids is 1. The predicted molar refractivity (Wildman–Crippen MR) is 136 cm³/mol. The summed E-state index contributed by atoms with van der Waals surface area (Å²) in [5.74, 6) is -2.47. The summed E-state index contributed by atoms with van der Waals surface area (Å²) >= 11 is 14.4. The summed E-state index contributed by atoms with van der Waals surface area (Å²) < 4.78 is 15.4. The molecule has 194 valence electrons. The lowest BCUT2D eigenvalue weighted by Gasteiger charge is -2.28. The summed E-state index contributed by atoms with van der Waals surface area (Å²) in [6, 6.07) is 5.93. The van der Waals surface area contributed by atoms with Crippen LogP contribution in [0.1, 0.15) is 27.6 Å². The van der Waals surface area contributed by atoms with Crippen LogP contribution < -0.4 is 26.5 Å². The average Bonchev–Trinajstić information content (AvgIpc) is 2.85. The highest BCUT2D eigenvalue weighted by molar-refractivity contribution is 6.63. The Hall–Kier alpha value is -2.92. The number of alkyl halides is 3. The number of pyridine rings is 2. The molecule has 9 nitrogen and oxygen atoms in total. The minimum Gasteiger partial charge on any atom is -0.545 e. The van der Waals surface area contributed by atoms with Crippen molar-refractivity contribution in [1.82, 2.24) is 9.55 Å². The molecule has 0 radical (unpaired) electrons. The fraction of sp³-hybridized carbons (Fsp3) is 0.304. The lowest BCUT2D eigenvalue weighted by molar-refractivity contribution is -0.655. The zero-order valence-corrected chi connectivity index (χ0v) is 21.6. The number of carbonyl (C=O) groups excluding carboxylic acids is 2. The molecule has 1 aromatic carbocycles. The van der Waals surface area contributed by atoms with Gasteiger partial charge in [-0.25, -0.2) is 4.39 Å². The smallest absolute Gasteiger partial charge is 0.248 e. The summed E-state index contributed by atoms with van der Waals surface area (Å²) in [4.78, 5) is 39.4. The number of aromatic nitrogens is 2. The van der Waals surface area contributed by atoms with Crippen LogP contribution in [0.5, 0.6) is 0 Å². The second-order valence-corrected chi connectivity index (χ2v) is 9.45. The van der Waals surface area contributed by atoms with Gasteiger partial charge in [0.15, 0.2) is 9.72 Å². The number of hydrogen-bond acceptors (Lipinski definition) is 6. The second kappa shape index (κ2) is 14.0. The Balaban J connectivity index is 0.000000290. The van der Waals surface area contributed by atoms with Crippen molar-refractivity contribution in [3.8, 4) is 0 Å². The molecule has 2 aromatic heterocycles. The number of piperazine rings is 1. The van der Waals surface area contributed by atoms with E-state index in [4.69, 9.17) is 40.5 Å². The number of carbonyl (C=O) groups is 2. The average molecular weight is 561 g/mol. The Kier molecular flexibility index (Phi) is 11.4. The Labute approximate surface area is 221 Å². The zero-order chi connectivity index (χ0) is 26.8. The van der Waals surface area contributed by atoms with Crippen molar-refractivity contribution in [1.29, 1.82) is 0 Å². The zero-order valence-electron chi connectivity index (χ0n) is 19.3. The fourth-order valence-electron chi connectivity index (χ4n) is 3.56. The first-order chi connectivity index (χ1) is 17.1. The molecule has 3 heterocycles. The molecule has 0 atom stereocenters. The molecular weight excluding hydrogens is 536 g/mol. The van der Waals surface area contributed by atoms with Gasteiger partial charge in [0.05, 0.1) is 48.9 Å². The number of rotatable bonds is 4. The number of benzene rings is 1. The van der Waals surface area contributed by atoms with Gasteiger partial charge >= 0.3 is 0 Å². The molecule has 4 N–H and O–H groups in total. The van der Waals surface area contributed by atoms with Crippen molar-refractivity contribution in [2.45, 2.75) is 17.8 Å². The Morgan fingerprint density at radius 2 is 1.78 bits per heavy atom. The maximum absolute atomic E-state index is 14.5. The number of carboxylic acid groups (broad SMARTS) is 1. The molecule has 1 saturated heterocycles. The molecule has 1 aliphatic rings. The highest BCUT2D eigenvalue weighted by Crippen LogP contribution is 2.25. The first-order valence-corrected chi connectivity index (χ1v) is 12.1. The van der Waals surface area contributed by atoms with E-state index in [9.17, 15) is 23.9 Å². The van der Waals surface area contributed by atoms with Crippen LogP contribution in [0.15, 0.2) is 47.7 Å². The van der Waals surface area contributed by atoms with Gasteiger partial charge in [-0.3, -0.25) is 14.6 Å². The van der Waals surface area contributed by atoms with Crippen molar-refractivity contribution in [2.24, 2.45) is 5.73 Å². The molecular formula is C23H25Cl3FN5O4. The van der Waals surface area contributed by atoms with Crippen LogP contribution in [0.3, 0.4) is 0 Å². The molecule has 13 heteroatoms. The second-order valence-electron chi connectivity index (χ2n) is 7.47. The van der Waals surface area contributed by atoms with Gasteiger partial charge in [0.25, 0.3) is 0 Å². The van der Waals surface area contributed by atoms with E-state index in [0.717, 1.165) is 32.2 Å². The van der Waals surface area contributed by atoms with Gasteiger partial charge in [-0.15, -0.1) is 0 Å². The van der Waals surface area contributed by atoms with E-state index >= 15 is 0 Å². The lowest BCUT2D eigenvalue weighted by atomic mass is 10.1. The standard InChI is InChI=1S/C16H18FN3O3.C6H6N2O.CHCl3/c1-2-19-9-11(16(22)23)15(21)10-7-12(17)14(8-13(10)19)20-5-3-18-4-6-20;7-6(9)5-1-3-8-4-2-5;2-1(3)4/h7-9,18H,2-6H2,1H3,(H,22,23);1-4H,(H2,7,9);1H. The maximum Gasteiger partial charge on any atom is 0.248 e. The van der Waals surface area contributed by atoms with E-state index in [1.807, 2.05) is 11.8 Å². The minimum atomic E-state index is -1.55. The number of nitrogens with zero attached hydrogens (tertiary/aromatic N) is 3. The third kappa shape index (κ3) is 8.06. The first-order valence-electron chi connectivity index (χ1n) is 10.8. The van der Waals surface area contributed by atoms with Crippen molar-refractivity contribution in [2.75, 3.05) is 31.1 Å². The van der Waals surface area contributed by atoms with Crippen LogP contribution >= 0.6 is 34.8 Å². The monoisotopic (exact) mass is 559 g/mol. The molecule has 3 aromatic rings. The number of primary amides is 1. The summed E-state index contributed by atoms with van der Waals surface area (Å²) in [6.45, 7) is 5.55. The molecule has 4 rings (SSSR count). The van der Waals surface area contributed by atoms with Crippen LogP contribution in [-0.2, 0) is 6.54 Å². The third-order valence-electron chi connectivity index (χ3n) is 5.22. The quantitative estimate of drug-likeness (QED) is 0.458. The minimum absolute atomic E-state index is 0.0679. The number of hydrogen-bond donors (Lipinski definition) is 2. The molecule has 0 aliphatic carbocycles. The van der Waals surface area contributed by atoms with Crippen molar-refractivity contribution >= 4 is 63.3 Å². The number of aryl methyl sites for hydroxylation is 1. The summed E-state index contributed by atoms with van der Waals surface area (Å²) in [6.07, 6.45) is 4.33. The fourth-order valence-corrected chi connectivity index (χ4v) is 3.56. The third-order valence-corrected chi connectivity index (χ3v) is 5.22. The summed E-state index contributed by atoms with van der Waals surface area (Å²) in [5.41, 5.74) is 5.27. The van der Waals surface area contributed by atoms with Crippen molar-refractivity contribution < 1.29 is 24.4 Å². The van der Waals surface area contributed by atoms with Gasteiger partial charge in [0.2, 0.25) is 5.91 Å². The molecule has 1 fully saturated rings. The van der Waals surface area contributed by atoms with Gasteiger partial charge in [-0.2, -0.15) is 0 Å². The largest absolute Gasteiger partial charge is 0.545 e. The Morgan fingerprint density at radius 3 is 2.25 bits per heavy atom. The number of fused-ring (bicyclic) bond motifs is 1. The Bertz CT molecular complexity index is 1250.